The van der Waals surface area contributed by atoms with Crippen LogP contribution in [0.3, 0.4) is 0 Å². The number of nitrogens with two attached hydrogens (primary N) is 1. The van der Waals surface area contributed by atoms with Crippen LogP contribution in [0.1, 0.15) is 12.8 Å². The molecule has 3 N–H and O–H groups in total. The van der Waals surface area contributed by atoms with Crippen molar-refractivity contribution in [1.82, 2.24) is 15.5 Å². The van der Waals surface area contributed by atoms with Gasteiger partial charge < -0.3 is 16.0 Å². The molecule has 2 unspecified atom stereocenters. The molecule has 3 rings (SSSR count). The lowest BCUT2D eigenvalue weighted by atomic mass is 10.2. The Balaban J connectivity index is 1.86. The van der Waals surface area contributed by atoms with E-state index in [0.29, 0.717) is 17.9 Å². The molecule has 0 amide bonds. The van der Waals surface area contributed by atoms with E-state index in [4.69, 9.17) is 5.73 Å². The molecule has 5 heteroatoms. The van der Waals surface area contributed by atoms with Gasteiger partial charge in [-0.1, -0.05) is 0 Å². The van der Waals surface area contributed by atoms with E-state index < -0.39 is 0 Å². The normalized spacial score (nSPS) is 29.5. The highest BCUT2D eigenvalue weighted by Gasteiger charge is 2.32. The van der Waals surface area contributed by atoms with Crippen molar-refractivity contribution in [2.75, 3.05) is 23.7 Å². The molecule has 2 aliphatic heterocycles. The second kappa shape index (κ2) is 3.34. The molecular weight excluding hydrogens is 190 g/mol. The molecule has 1 aromatic heterocycles. The van der Waals surface area contributed by atoms with Crippen molar-refractivity contribution >= 4 is 11.5 Å². The molecule has 1 aromatic rings. The Morgan fingerprint density at radius 1 is 1.33 bits per heavy atom. The van der Waals surface area contributed by atoms with Crippen molar-refractivity contribution in [2.24, 2.45) is 0 Å². The van der Waals surface area contributed by atoms with E-state index in [0.717, 1.165) is 18.8 Å². The van der Waals surface area contributed by atoms with E-state index in [-0.39, 0.29) is 0 Å². The van der Waals surface area contributed by atoms with Gasteiger partial charge in [0, 0.05) is 25.2 Å². The molecule has 0 aliphatic carbocycles. The number of nitrogens with zero attached hydrogens (tertiary/aromatic N) is 3. The zero-order valence-electron chi connectivity index (χ0n) is 8.56. The summed E-state index contributed by atoms with van der Waals surface area (Å²) in [6, 6.07) is 3.19. The second-order valence-electron chi connectivity index (χ2n) is 4.34. The van der Waals surface area contributed by atoms with E-state index >= 15 is 0 Å². The third-order valence-electron chi connectivity index (χ3n) is 3.28. The van der Waals surface area contributed by atoms with E-state index in [9.17, 15) is 0 Å². The monoisotopic (exact) mass is 205 g/mol. The fraction of sp³-hybridized carbons (Fsp3) is 0.600. The number of hydrogen-bond donors (Lipinski definition) is 2. The van der Waals surface area contributed by atoms with Crippen molar-refractivity contribution in [2.45, 2.75) is 24.9 Å². The maximum Gasteiger partial charge on any atom is 0.169 e. The number of aromatic nitrogens is 2. The minimum absolute atomic E-state index is 0.541. The first kappa shape index (κ1) is 8.91. The predicted molar refractivity (Wildman–Crippen MR) is 58.6 cm³/mol. The van der Waals surface area contributed by atoms with Gasteiger partial charge in [0.2, 0.25) is 0 Å². The van der Waals surface area contributed by atoms with E-state index in [1.54, 1.807) is 6.20 Å². The summed E-state index contributed by atoms with van der Waals surface area (Å²) in [5.74, 6) is 0.541. The Bertz CT molecular complexity index is 355. The number of fused-ring (bicyclic) bond motifs is 2. The molecule has 0 radical (unpaired) electrons. The average Bonchev–Trinajstić information content (AvgIpc) is 2.58. The molecule has 3 heterocycles. The van der Waals surface area contributed by atoms with Gasteiger partial charge in [-0.2, -0.15) is 5.10 Å². The minimum Gasteiger partial charge on any atom is -0.380 e. The van der Waals surface area contributed by atoms with Crippen molar-refractivity contribution in [3.05, 3.63) is 12.3 Å². The Labute approximate surface area is 88.7 Å². The highest BCUT2D eigenvalue weighted by Crippen LogP contribution is 2.27. The van der Waals surface area contributed by atoms with Gasteiger partial charge in [0.25, 0.3) is 0 Å². The lowest BCUT2D eigenvalue weighted by Gasteiger charge is -2.34. The van der Waals surface area contributed by atoms with Gasteiger partial charge >= 0.3 is 0 Å². The van der Waals surface area contributed by atoms with Crippen LogP contribution in [0, 0.1) is 0 Å². The summed E-state index contributed by atoms with van der Waals surface area (Å²) in [7, 11) is 0. The molecule has 2 aliphatic rings. The summed E-state index contributed by atoms with van der Waals surface area (Å²) in [4.78, 5) is 2.32. The van der Waals surface area contributed by atoms with Gasteiger partial charge in [-0.3, -0.25) is 0 Å². The molecule has 2 saturated heterocycles. The van der Waals surface area contributed by atoms with Crippen LogP contribution < -0.4 is 16.0 Å². The van der Waals surface area contributed by atoms with Gasteiger partial charge in [0.05, 0.1) is 11.9 Å². The molecule has 2 bridgehead atoms. The third-order valence-corrected chi connectivity index (χ3v) is 3.28. The van der Waals surface area contributed by atoms with Gasteiger partial charge in [0.15, 0.2) is 5.82 Å². The summed E-state index contributed by atoms with van der Waals surface area (Å²) < 4.78 is 0. The van der Waals surface area contributed by atoms with Crippen LogP contribution >= 0.6 is 0 Å². The van der Waals surface area contributed by atoms with Gasteiger partial charge in [0.1, 0.15) is 0 Å². The van der Waals surface area contributed by atoms with Crippen LogP contribution in [0.15, 0.2) is 12.3 Å². The summed E-state index contributed by atoms with van der Waals surface area (Å²) in [5.41, 5.74) is 6.86. The molecule has 80 valence electrons. The van der Waals surface area contributed by atoms with E-state index in [1.165, 1.54) is 12.8 Å². The highest BCUT2D eigenvalue weighted by atomic mass is 15.3. The van der Waals surface area contributed by atoms with Crippen LogP contribution in [-0.2, 0) is 0 Å². The Hall–Kier alpha value is -1.36. The molecular formula is C10H15N5. The van der Waals surface area contributed by atoms with E-state index in [2.05, 4.69) is 20.4 Å². The standard InChI is InChI=1S/C10H15N5/c11-10-9(3-4-12-14-10)15-5-7-1-2-8(6-15)13-7/h3-4,7-8,13H,1-2,5-6H2,(H2,11,14). The Kier molecular flexibility index (Phi) is 1.98. The Morgan fingerprint density at radius 2 is 2.07 bits per heavy atom. The van der Waals surface area contributed by atoms with Gasteiger partial charge in [-0.25, -0.2) is 0 Å². The Morgan fingerprint density at radius 3 is 2.73 bits per heavy atom. The largest absolute Gasteiger partial charge is 0.380 e. The van der Waals surface area contributed by atoms with E-state index in [1.807, 2.05) is 6.07 Å². The zero-order chi connectivity index (χ0) is 10.3. The lowest BCUT2D eigenvalue weighted by molar-refractivity contribution is 0.466. The summed E-state index contributed by atoms with van der Waals surface area (Å²) in [5, 5.41) is 11.3. The number of anilines is 2. The van der Waals surface area contributed by atoms with Gasteiger partial charge in [-0.15, -0.1) is 5.10 Å². The lowest BCUT2D eigenvalue weighted by Crippen LogP contribution is -2.51. The highest BCUT2D eigenvalue weighted by molar-refractivity contribution is 5.62. The molecule has 2 atom stereocenters. The van der Waals surface area contributed by atoms with Crippen LogP contribution in [-0.4, -0.2) is 35.4 Å². The summed E-state index contributed by atoms with van der Waals surface area (Å²) in [6.45, 7) is 2.07. The maximum atomic E-state index is 5.83. The number of rotatable bonds is 1. The van der Waals surface area contributed by atoms with Crippen LogP contribution in [0.2, 0.25) is 0 Å². The maximum absolute atomic E-state index is 5.83. The smallest absolute Gasteiger partial charge is 0.169 e. The molecule has 0 aromatic carbocycles. The summed E-state index contributed by atoms with van der Waals surface area (Å²) >= 11 is 0. The molecule has 15 heavy (non-hydrogen) atoms. The van der Waals surface area contributed by atoms with Crippen LogP contribution in [0.25, 0.3) is 0 Å². The van der Waals surface area contributed by atoms with Crippen molar-refractivity contribution in [3.63, 3.8) is 0 Å². The quantitative estimate of drug-likeness (QED) is 0.675. The van der Waals surface area contributed by atoms with Crippen molar-refractivity contribution in [3.8, 4) is 0 Å². The second-order valence-corrected chi connectivity index (χ2v) is 4.34. The third kappa shape index (κ3) is 1.52. The van der Waals surface area contributed by atoms with Crippen LogP contribution in [0.5, 0.6) is 0 Å². The minimum atomic E-state index is 0.541. The average molecular weight is 205 g/mol. The van der Waals surface area contributed by atoms with Gasteiger partial charge in [-0.05, 0) is 18.9 Å². The first-order chi connectivity index (χ1) is 7.33. The predicted octanol–water partition coefficient (Wildman–Crippen LogP) is -0.000600. The molecule has 5 nitrogen and oxygen atoms in total. The SMILES string of the molecule is Nc1nnccc1N1CC2CCC(C1)N2. The number of hydrogen-bond acceptors (Lipinski definition) is 5. The molecule has 0 saturated carbocycles. The first-order valence-corrected chi connectivity index (χ1v) is 5.41. The number of piperazine rings is 1. The fourth-order valence-corrected chi connectivity index (χ4v) is 2.60. The summed E-state index contributed by atoms with van der Waals surface area (Å²) in [6.07, 6.45) is 4.26. The van der Waals surface area contributed by atoms with Crippen molar-refractivity contribution in [1.29, 1.82) is 0 Å². The van der Waals surface area contributed by atoms with Crippen LogP contribution in [0.4, 0.5) is 11.5 Å². The molecule has 2 fully saturated rings. The molecule has 0 spiro atoms. The fourth-order valence-electron chi connectivity index (χ4n) is 2.60. The van der Waals surface area contributed by atoms with Crippen molar-refractivity contribution < 1.29 is 0 Å². The number of nitrogens with one attached hydrogen (secondary N) is 1. The number of nitrogen functional groups attached to an aromatic ring is 1. The topological polar surface area (TPSA) is 67.1 Å². The first-order valence-electron chi connectivity index (χ1n) is 5.41. The zero-order valence-corrected chi connectivity index (χ0v) is 8.56.